The number of carbonyl (C=O) groups excluding carboxylic acids is 2. The molecule has 1 aromatic rings. The van der Waals surface area contributed by atoms with Crippen molar-refractivity contribution < 1.29 is 9.59 Å². The highest BCUT2D eigenvalue weighted by atomic mass is 32.2. The summed E-state index contributed by atoms with van der Waals surface area (Å²) in [5.41, 5.74) is 2.79. The number of nitrogens with zero attached hydrogens (tertiary/aromatic N) is 1. The van der Waals surface area contributed by atoms with Gasteiger partial charge in [0.05, 0.1) is 0 Å². The van der Waals surface area contributed by atoms with E-state index < -0.39 is 11.8 Å². The van der Waals surface area contributed by atoms with Crippen molar-refractivity contribution >= 4 is 29.3 Å². The quantitative estimate of drug-likeness (QED) is 0.794. The number of carbonyl (C=O) groups is 2. The molecular formula is C20H29N3O2S. The summed E-state index contributed by atoms with van der Waals surface area (Å²) in [6, 6.07) is 6.44. The van der Waals surface area contributed by atoms with Crippen LogP contribution in [0.2, 0.25) is 0 Å². The van der Waals surface area contributed by atoms with E-state index in [1.165, 1.54) is 17.9 Å². The SMILES string of the molecule is Cc1cccc(NC(=O)C(=O)NCC2CCN([C@@H]3CCSC3)CC2)c1C. The van der Waals surface area contributed by atoms with Crippen LogP contribution in [0.5, 0.6) is 0 Å². The molecule has 0 unspecified atom stereocenters. The molecule has 0 saturated carbocycles. The first kappa shape index (κ1) is 19.2. The zero-order valence-corrected chi connectivity index (χ0v) is 16.5. The van der Waals surface area contributed by atoms with E-state index in [0.29, 0.717) is 18.2 Å². The van der Waals surface area contributed by atoms with E-state index in [9.17, 15) is 9.59 Å². The second kappa shape index (κ2) is 8.91. The summed E-state index contributed by atoms with van der Waals surface area (Å²) in [6.07, 6.45) is 3.50. The van der Waals surface area contributed by atoms with Crippen LogP contribution in [0.4, 0.5) is 5.69 Å². The maximum atomic E-state index is 12.1. The Bertz CT molecular complexity index is 650. The molecule has 0 aromatic heterocycles. The highest BCUT2D eigenvalue weighted by Crippen LogP contribution is 2.26. The Morgan fingerprint density at radius 2 is 1.92 bits per heavy atom. The summed E-state index contributed by atoms with van der Waals surface area (Å²) in [7, 11) is 0. The number of amides is 2. The molecule has 6 heteroatoms. The molecule has 0 bridgehead atoms. The van der Waals surface area contributed by atoms with Crippen LogP contribution in [0, 0.1) is 19.8 Å². The van der Waals surface area contributed by atoms with E-state index in [1.54, 1.807) is 0 Å². The van der Waals surface area contributed by atoms with Gasteiger partial charge in [0.15, 0.2) is 0 Å². The minimum atomic E-state index is -0.584. The standard InChI is InChI=1S/C20H29N3O2S/c1-14-4-3-5-18(15(14)2)22-20(25)19(24)21-12-16-6-9-23(10-7-16)17-8-11-26-13-17/h3-5,16-17H,6-13H2,1-2H3,(H,21,24)(H,22,25)/t17-/m1/s1. The van der Waals surface area contributed by atoms with Gasteiger partial charge in [0, 0.05) is 24.0 Å². The van der Waals surface area contributed by atoms with Crippen molar-refractivity contribution in [3.63, 3.8) is 0 Å². The van der Waals surface area contributed by atoms with Crippen molar-refractivity contribution in [2.75, 3.05) is 36.5 Å². The van der Waals surface area contributed by atoms with E-state index in [0.717, 1.165) is 43.1 Å². The lowest BCUT2D eigenvalue weighted by Gasteiger charge is -2.35. The molecule has 3 rings (SSSR count). The summed E-state index contributed by atoms with van der Waals surface area (Å²) in [5, 5.41) is 5.54. The molecule has 142 valence electrons. The lowest BCUT2D eigenvalue weighted by Crippen LogP contribution is -2.45. The van der Waals surface area contributed by atoms with Crippen LogP contribution in [-0.2, 0) is 9.59 Å². The van der Waals surface area contributed by atoms with Crippen molar-refractivity contribution in [3.8, 4) is 0 Å². The molecule has 1 aromatic carbocycles. The fraction of sp³-hybridized carbons (Fsp3) is 0.600. The fourth-order valence-electron chi connectivity index (χ4n) is 3.72. The second-order valence-electron chi connectivity index (χ2n) is 7.41. The summed E-state index contributed by atoms with van der Waals surface area (Å²) >= 11 is 2.05. The minimum Gasteiger partial charge on any atom is -0.348 e. The number of benzene rings is 1. The zero-order valence-electron chi connectivity index (χ0n) is 15.7. The molecule has 2 heterocycles. The number of nitrogens with one attached hydrogen (secondary N) is 2. The molecule has 0 aliphatic carbocycles. The zero-order chi connectivity index (χ0) is 18.5. The molecule has 2 amide bonds. The molecule has 2 N–H and O–H groups in total. The molecule has 5 nitrogen and oxygen atoms in total. The summed E-state index contributed by atoms with van der Waals surface area (Å²) < 4.78 is 0. The van der Waals surface area contributed by atoms with Crippen molar-refractivity contribution in [1.29, 1.82) is 0 Å². The molecule has 0 radical (unpaired) electrons. The highest BCUT2D eigenvalue weighted by molar-refractivity contribution is 7.99. The Morgan fingerprint density at radius 3 is 2.62 bits per heavy atom. The van der Waals surface area contributed by atoms with E-state index in [2.05, 4.69) is 27.3 Å². The lowest BCUT2D eigenvalue weighted by atomic mass is 9.95. The third-order valence-electron chi connectivity index (χ3n) is 5.68. The number of thioether (sulfide) groups is 1. The smallest absolute Gasteiger partial charge is 0.313 e. The molecular weight excluding hydrogens is 346 g/mol. The highest BCUT2D eigenvalue weighted by Gasteiger charge is 2.27. The van der Waals surface area contributed by atoms with E-state index in [4.69, 9.17) is 0 Å². The predicted molar refractivity (Wildman–Crippen MR) is 108 cm³/mol. The molecule has 26 heavy (non-hydrogen) atoms. The predicted octanol–water partition coefficient (Wildman–Crippen LogP) is 2.58. The van der Waals surface area contributed by atoms with Gasteiger partial charge >= 0.3 is 11.8 Å². The van der Waals surface area contributed by atoms with Gasteiger partial charge in [-0.1, -0.05) is 12.1 Å². The van der Waals surface area contributed by atoms with Gasteiger partial charge in [0.1, 0.15) is 0 Å². The first-order valence-electron chi connectivity index (χ1n) is 9.52. The molecule has 2 fully saturated rings. The summed E-state index contributed by atoms with van der Waals surface area (Å²) in [6.45, 7) is 6.74. The number of rotatable bonds is 4. The average molecular weight is 376 g/mol. The number of hydrogen-bond donors (Lipinski definition) is 2. The fourth-order valence-corrected chi connectivity index (χ4v) is 4.97. The second-order valence-corrected chi connectivity index (χ2v) is 8.56. The molecule has 0 spiro atoms. The van der Waals surface area contributed by atoms with Crippen molar-refractivity contribution in [2.24, 2.45) is 5.92 Å². The Morgan fingerprint density at radius 1 is 1.15 bits per heavy atom. The maximum Gasteiger partial charge on any atom is 0.313 e. The van der Waals surface area contributed by atoms with Crippen LogP contribution in [0.3, 0.4) is 0 Å². The van der Waals surface area contributed by atoms with Crippen LogP contribution in [0.1, 0.15) is 30.4 Å². The monoisotopic (exact) mass is 375 g/mol. The number of likely N-dealkylation sites (tertiary alicyclic amines) is 1. The molecule has 1 atom stereocenters. The maximum absolute atomic E-state index is 12.1. The minimum absolute atomic E-state index is 0.470. The third-order valence-corrected chi connectivity index (χ3v) is 6.83. The van der Waals surface area contributed by atoms with Crippen LogP contribution in [-0.4, -0.2) is 53.9 Å². The molecule has 2 aliphatic heterocycles. The number of anilines is 1. The van der Waals surface area contributed by atoms with Crippen LogP contribution in [0.15, 0.2) is 18.2 Å². The van der Waals surface area contributed by atoms with Crippen LogP contribution in [0.25, 0.3) is 0 Å². The Labute approximate surface area is 160 Å². The van der Waals surface area contributed by atoms with Gasteiger partial charge in [-0.3, -0.25) is 14.5 Å². The molecule has 2 aliphatic rings. The summed E-state index contributed by atoms with van der Waals surface area (Å²) in [4.78, 5) is 26.9. The van der Waals surface area contributed by atoms with Gasteiger partial charge < -0.3 is 10.6 Å². The van der Waals surface area contributed by atoms with Crippen molar-refractivity contribution in [1.82, 2.24) is 10.2 Å². The topological polar surface area (TPSA) is 61.4 Å². The Hall–Kier alpha value is -1.53. The van der Waals surface area contributed by atoms with Gasteiger partial charge in [-0.2, -0.15) is 11.8 Å². The normalized spacial score (nSPS) is 21.5. The van der Waals surface area contributed by atoms with Crippen molar-refractivity contribution in [3.05, 3.63) is 29.3 Å². The van der Waals surface area contributed by atoms with Crippen molar-refractivity contribution in [2.45, 2.75) is 39.2 Å². The Balaban J connectivity index is 1.41. The largest absolute Gasteiger partial charge is 0.348 e. The number of aryl methyl sites for hydroxylation is 1. The third kappa shape index (κ3) is 4.80. The summed E-state index contributed by atoms with van der Waals surface area (Å²) in [5.74, 6) is 1.90. The number of hydrogen-bond acceptors (Lipinski definition) is 4. The van der Waals surface area contributed by atoms with Gasteiger partial charge in [0.25, 0.3) is 0 Å². The number of piperidine rings is 1. The van der Waals surface area contributed by atoms with Crippen LogP contribution >= 0.6 is 11.8 Å². The lowest BCUT2D eigenvalue weighted by molar-refractivity contribution is -0.136. The Kier molecular flexibility index (Phi) is 6.59. The van der Waals surface area contributed by atoms with Gasteiger partial charge in [0.2, 0.25) is 0 Å². The van der Waals surface area contributed by atoms with E-state index >= 15 is 0 Å². The first-order chi connectivity index (χ1) is 12.5. The van der Waals surface area contributed by atoms with Gasteiger partial charge in [-0.25, -0.2) is 0 Å². The van der Waals surface area contributed by atoms with E-state index in [-0.39, 0.29) is 0 Å². The van der Waals surface area contributed by atoms with Gasteiger partial charge in [-0.05, 0) is 75.1 Å². The average Bonchev–Trinajstić information content (AvgIpc) is 3.18. The van der Waals surface area contributed by atoms with Gasteiger partial charge in [-0.15, -0.1) is 0 Å². The van der Waals surface area contributed by atoms with Crippen LogP contribution < -0.4 is 10.6 Å². The first-order valence-corrected chi connectivity index (χ1v) is 10.7. The molecule has 2 saturated heterocycles. The van der Waals surface area contributed by atoms with E-state index in [1.807, 2.05) is 32.0 Å².